The lowest BCUT2D eigenvalue weighted by Crippen LogP contribution is -2.04. The Morgan fingerprint density at radius 2 is 2.20 bits per heavy atom. The molecule has 0 amide bonds. The number of hydrogen-bond acceptors (Lipinski definition) is 4. The predicted molar refractivity (Wildman–Crippen MR) is 66.6 cm³/mol. The van der Waals surface area contributed by atoms with E-state index in [1.165, 1.54) is 11.3 Å². The van der Waals surface area contributed by atoms with Crippen LogP contribution in [0.25, 0.3) is 0 Å². The molecular weight excluding hydrogens is 302 g/mol. The van der Waals surface area contributed by atoms with E-state index >= 15 is 0 Å². The van der Waals surface area contributed by atoms with Gasteiger partial charge in [0.2, 0.25) is 0 Å². The summed E-state index contributed by atoms with van der Waals surface area (Å²) in [5.74, 6) is -0.186. The summed E-state index contributed by atoms with van der Waals surface area (Å²) in [5, 5.41) is 2.91. The van der Waals surface area contributed by atoms with Crippen LogP contribution in [0.1, 0.15) is 24.0 Å². The highest BCUT2D eigenvalue weighted by molar-refractivity contribution is 8.93. The van der Waals surface area contributed by atoms with Crippen LogP contribution in [0, 0.1) is 0 Å². The Labute approximate surface area is 104 Å². The van der Waals surface area contributed by atoms with Gasteiger partial charge < -0.3 is 0 Å². The summed E-state index contributed by atoms with van der Waals surface area (Å²) in [6.07, 6.45) is 1.94. The molecule has 0 aliphatic carbocycles. The summed E-state index contributed by atoms with van der Waals surface area (Å²) in [6.45, 7) is 2.02. The molecule has 15 heavy (non-hydrogen) atoms. The van der Waals surface area contributed by atoms with Crippen molar-refractivity contribution < 1.29 is 13.0 Å². The van der Waals surface area contributed by atoms with Crippen LogP contribution < -0.4 is 0 Å². The number of aryl methyl sites for hydroxylation is 2. The van der Waals surface area contributed by atoms with E-state index in [2.05, 4.69) is 4.98 Å². The highest BCUT2D eigenvalue weighted by Gasteiger charge is 2.06. The summed E-state index contributed by atoms with van der Waals surface area (Å²) in [5.41, 5.74) is 1.04. The van der Waals surface area contributed by atoms with E-state index in [-0.39, 0.29) is 22.7 Å². The van der Waals surface area contributed by atoms with Gasteiger partial charge in [0.15, 0.2) is 0 Å². The van der Waals surface area contributed by atoms with Gasteiger partial charge in [0.05, 0.1) is 16.5 Å². The van der Waals surface area contributed by atoms with Crippen molar-refractivity contribution in [1.82, 2.24) is 4.98 Å². The molecule has 0 saturated carbocycles. The SMILES string of the molecule is Br.CCc1csc(CCCS(=O)(=O)O)n1. The maximum atomic E-state index is 10.4. The fraction of sp³-hybridized carbons (Fsp3) is 0.625. The topological polar surface area (TPSA) is 67.3 Å². The monoisotopic (exact) mass is 315 g/mol. The second-order valence-corrected chi connectivity index (χ2v) is 5.49. The third-order valence-electron chi connectivity index (χ3n) is 1.75. The fourth-order valence-electron chi connectivity index (χ4n) is 1.03. The number of thiazole rings is 1. The number of rotatable bonds is 5. The number of aromatic nitrogens is 1. The Morgan fingerprint density at radius 3 is 2.67 bits per heavy atom. The molecule has 0 aliphatic rings. The first kappa shape index (κ1) is 15.0. The van der Waals surface area contributed by atoms with E-state index in [0.717, 1.165) is 17.1 Å². The molecule has 1 N–H and O–H groups in total. The highest BCUT2D eigenvalue weighted by Crippen LogP contribution is 2.12. The van der Waals surface area contributed by atoms with E-state index in [4.69, 9.17) is 4.55 Å². The van der Waals surface area contributed by atoms with Gasteiger partial charge in [-0.25, -0.2) is 4.98 Å². The molecule has 1 heterocycles. The third-order valence-corrected chi connectivity index (χ3v) is 3.52. The van der Waals surface area contributed by atoms with Crippen LogP contribution in [-0.4, -0.2) is 23.7 Å². The van der Waals surface area contributed by atoms with Gasteiger partial charge in [-0.3, -0.25) is 4.55 Å². The molecular formula is C8H14BrNO3S2. The van der Waals surface area contributed by atoms with Crippen molar-refractivity contribution in [2.75, 3.05) is 5.75 Å². The average molecular weight is 316 g/mol. The second-order valence-electron chi connectivity index (χ2n) is 2.98. The van der Waals surface area contributed by atoms with Gasteiger partial charge in [-0.05, 0) is 12.8 Å². The number of halogens is 1. The summed E-state index contributed by atoms with van der Waals surface area (Å²) >= 11 is 1.54. The van der Waals surface area contributed by atoms with Crippen molar-refractivity contribution in [2.24, 2.45) is 0 Å². The largest absolute Gasteiger partial charge is 0.286 e. The van der Waals surface area contributed by atoms with Gasteiger partial charge in [0.1, 0.15) is 0 Å². The average Bonchev–Trinajstić information content (AvgIpc) is 2.50. The lowest BCUT2D eigenvalue weighted by atomic mass is 10.3. The molecule has 7 heteroatoms. The lowest BCUT2D eigenvalue weighted by molar-refractivity contribution is 0.481. The Balaban J connectivity index is 0.00000196. The molecule has 1 aromatic rings. The van der Waals surface area contributed by atoms with Crippen LogP contribution in [-0.2, 0) is 23.0 Å². The van der Waals surface area contributed by atoms with Gasteiger partial charge in [0.25, 0.3) is 10.1 Å². The normalized spacial score (nSPS) is 11.1. The van der Waals surface area contributed by atoms with Crippen molar-refractivity contribution in [1.29, 1.82) is 0 Å². The molecule has 1 aromatic heterocycles. The van der Waals surface area contributed by atoms with E-state index < -0.39 is 10.1 Å². The number of nitrogens with zero attached hydrogens (tertiary/aromatic N) is 1. The standard InChI is InChI=1S/C8H13NO3S2.BrH/c1-2-7-6-13-8(9-7)4-3-5-14(10,11)12;/h6H,2-5H2,1H3,(H,10,11,12);1H. The summed E-state index contributed by atoms with van der Waals surface area (Å²) in [4.78, 5) is 4.29. The maximum absolute atomic E-state index is 10.4. The van der Waals surface area contributed by atoms with Crippen LogP contribution in [0.5, 0.6) is 0 Å². The van der Waals surface area contributed by atoms with Crippen LogP contribution in [0.4, 0.5) is 0 Å². The van der Waals surface area contributed by atoms with E-state index in [0.29, 0.717) is 12.8 Å². The molecule has 0 aliphatic heterocycles. The molecule has 0 atom stereocenters. The minimum absolute atomic E-state index is 0. The first-order valence-corrected chi connectivity index (χ1v) is 6.88. The van der Waals surface area contributed by atoms with Gasteiger partial charge in [-0.2, -0.15) is 8.42 Å². The van der Waals surface area contributed by atoms with Gasteiger partial charge in [-0.1, -0.05) is 6.92 Å². The maximum Gasteiger partial charge on any atom is 0.264 e. The Hall–Kier alpha value is 0.0200. The molecule has 88 valence electrons. The summed E-state index contributed by atoms with van der Waals surface area (Å²) in [6, 6.07) is 0. The molecule has 4 nitrogen and oxygen atoms in total. The Bertz CT molecular complexity index is 388. The van der Waals surface area contributed by atoms with Crippen LogP contribution in [0.2, 0.25) is 0 Å². The first-order chi connectivity index (χ1) is 6.51. The minimum Gasteiger partial charge on any atom is -0.286 e. The van der Waals surface area contributed by atoms with E-state index in [9.17, 15) is 8.42 Å². The van der Waals surface area contributed by atoms with E-state index in [1.54, 1.807) is 0 Å². The minimum atomic E-state index is -3.82. The summed E-state index contributed by atoms with van der Waals surface area (Å²) in [7, 11) is -3.82. The molecule has 0 fully saturated rings. The van der Waals surface area contributed by atoms with E-state index in [1.807, 2.05) is 12.3 Å². The molecule has 0 bridgehead atoms. The van der Waals surface area contributed by atoms with Crippen molar-refractivity contribution in [3.05, 3.63) is 16.1 Å². The quantitative estimate of drug-likeness (QED) is 0.845. The Kier molecular flexibility index (Phi) is 6.58. The first-order valence-electron chi connectivity index (χ1n) is 4.39. The lowest BCUT2D eigenvalue weighted by Gasteiger charge is -1.94. The highest BCUT2D eigenvalue weighted by atomic mass is 79.9. The molecule has 0 radical (unpaired) electrons. The van der Waals surface area contributed by atoms with Crippen LogP contribution in [0.15, 0.2) is 5.38 Å². The summed E-state index contributed by atoms with van der Waals surface area (Å²) < 4.78 is 29.3. The van der Waals surface area contributed by atoms with Gasteiger partial charge in [-0.15, -0.1) is 28.3 Å². The van der Waals surface area contributed by atoms with Crippen molar-refractivity contribution >= 4 is 38.4 Å². The Morgan fingerprint density at radius 1 is 1.53 bits per heavy atom. The van der Waals surface area contributed by atoms with Crippen molar-refractivity contribution in [3.63, 3.8) is 0 Å². The second kappa shape index (κ2) is 6.57. The zero-order valence-corrected chi connectivity index (χ0v) is 11.7. The zero-order chi connectivity index (χ0) is 10.6. The fourth-order valence-corrected chi connectivity index (χ4v) is 2.46. The van der Waals surface area contributed by atoms with Gasteiger partial charge >= 0.3 is 0 Å². The van der Waals surface area contributed by atoms with Crippen LogP contribution >= 0.6 is 28.3 Å². The molecule has 0 unspecified atom stereocenters. The molecule has 0 aromatic carbocycles. The van der Waals surface area contributed by atoms with Crippen LogP contribution in [0.3, 0.4) is 0 Å². The predicted octanol–water partition coefficient (Wildman–Crippen LogP) is 2.10. The number of hydrogen-bond donors (Lipinski definition) is 1. The molecule has 1 rings (SSSR count). The molecule has 0 saturated heterocycles. The smallest absolute Gasteiger partial charge is 0.264 e. The molecule has 0 spiro atoms. The van der Waals surface area contributed by atoms with Gasteiger partial charge in [0, 0.05) is 11.8 Å². The van der Waals surface area contributed by atoms with Crippen molar-refractivity contribution in [2.45, 2.75) is 26.2 Å². The zero-order valence-electron chi connectivity index (χ0n) is 8.34. The van der Waals surface area contributed by atoms with Crippen molar-refractivity contribution in [3.8, 4) is 0 Å². The third kappa shape index (κ3) is 6.24.